The summed E-state index contributed by atoms with van der Waals surface area (Å²) in [6.07, 6.45) is 1.79. The van der Waals surface area contributed by atoms with Crippen molar-refractivity contribution in [2.24, 2.45) is 0 Å². The zero-order chi connectivity index (χ0) is 16.6. The van der Waals surface area contributed by atoms with Gasteiger partial charge in [-0.2, -0.15) is 0 Å². The van der Waals surface area contributed by atoms with Gasteiger partial charge in [-0.3, -0.25) is 9.09 Å². The number of nitrogens with two attached hydrogens (primary N) is 1. The van der Waals surface area contributed by atoms with Crippen LogP contribution in [0.1, 0.15) is 12.6 Å². The van der Waals surface area contributed by atoms with Crippen LogP contribution in [0.5, 0.6) is 0 Å². The first-order valence-corrected chi connectivity index (χ1v) is 8.23. The van der Waals surface area contributed by atoms with Gasteiger partial charge in [-0.1, -0.05) is 0 Å². The Kier molecular flexibility index (Phi) is 4.32. The summed E-state index contributed by atoms with van der Waals surface area (Å²) in [6.45, 7) is -0.246. The van der Waals surface area contributed by atoms with E-state index in [0.29, 0.717) is 17.6 Å². The Hall–Kier alpha value is -1.62. The Bertz CT molecular complexity index is 748. The molecule has 4 N–H and O–H groups in total. The molecule has 2 aromatic heterocycles. The summed E-state index contributed by atoms with van der Waals surface area (Å²) < 4.78 is 28.1. The standard InChI is InChI=1S/C11H16N5O6P/c1-20-7-2-6(3-21-23(17,18)19)22-11(7)16-5-15-8-9(12)13-4-14-10(8)16/h4-7,11H,2-3H2,1H3,(H2,12,13,14)(H2,17,18,19)/t6-,7+,11+/m0/s1. The molecule has 3 heterocycles. The summed E-state index contributed by atoms with van der Waals surface area (Å²) in [5, 5.41) is 0. The van der Waals surface area contributed by atoms with Crippen LogP contribution >= 0.6 is 7.82 Å². The van der Waals surface area contributed by atoms with E-state index in [1.807, 2.05) is 0 Å². The van der Waals surface area contributed by atoms with Crippen LogP contribution in [0, 0.1) is 0 Å². The second-order valence-corrected chi connectivity index (χ2v) is 6.27. The number of nitrogens with zero attached hydrogens (tertiary/aromatic N) is 4. The number of anilines is 1. The lowest BCUT2D eigenvalue weighted by molar-refractivity contribution is -0.0578. The van der Waals surface area contributed by atoms with Gasteiger partial charge in [0.25, 0.3) is 0 Å². The molecule has 126 valence electrons. The second-order valence-electron chi connectivity index (χ2n) is 5.03. The van der Waals surface area contributed by atoms with Crippen molar-refractivity contribution in [3.8, 4) is 0 Å². The van der Waals surface area contributed by atoms with Crippen molar-refractivity contribution in [3.05, 3.63) is 12.7 Å². The third kappa shape index (κ3) is 3.34. The van der Waals surface area contributed by atoms with Crippen molar-refractivity contribution >= 4 is 24.8 Å². The Morgan fingerprint density at radius 1 is 1.48 bits per heavy atom. The Labute approximate surface area is 130 Å². The van der Waals surface area contributed by atoms with Gasteiger partial charge in [0.15, 0.2) is 17.7 Å². The highest BCUT2D eigenvalue weighted by Crippen LogP contribution is 2.39. The van der Waals surface area contributed by atoms with Crippen molar-refractivity contribution < 1.29 is 28.3 Å². The van der Waals surface area contributed by atoms with E-state index in [0.717, 1.165) is 0 Å². The monoisotopic (exact) mass is 345 g/mol. The van der Waals surface area contributed by atoms with Crippen molar-refractivity contribution in [2.75, 3.05) is 19.5 Å². The number of ether oxygens (including phenoxy) is 2. The van der Waals surface area contributed by atoms with Crippen LogP contribution in [0.4, 0.5) is 5.82 Å². The van der Waals surface area contributed by atoms with Gasteiger partial charge in [0.2, 0.25) is 0 Å². The van der Waals surface area contributed by atoms with E-state index < -0.39 is 20.2 Å². The molecule has 1 fully saturated rings. The Morgan fingerprint density at radius 3 is 2.96 bits per heavy atom. The zero-order valence-corrected chi connectivity index (χ0v) is 13.0. The fourth-order valence-electron chi connectivity index (χ4n) is 2.52. The van der Waals surface area contributed by atoms with E-state index in [2.05, 4.69) is 19.5 Å². The molecule has 1 saturated heterocycles. The normalized spacial score (nSPS) is 25.3. The van der Waals surface area contributed by atoms with Gasteiger partial charge in [-0.15, -0.1) is 0 Å². The number of aromatic nitrogens is 4. The summed E-state index contributed by atoms with van der Waals surface area (Å²) in [4.78, 5) is 29.7. The summed E-state index contributed by atoms with van der Waals surface area (Å²) in [5.74, 6) is 0.252. The van der Waals surface area contributed by atoms with Crippen LogP contribution in [-0.4, -0.2) is 55.2 Å². The maximum Gasteiger partial charge on any atom is 0.469 e. The molecule has 0 aromatic carbocycles. The van der Waals surface area contributed by atoms with E-state index in [9.17, 15) is 4.57 Å². The number of phosphoric ester groups is 1. The number of nitrogen functional groups attached to an aromatic ring is 1. The number of imidazole rings is 1. The van der Waals surface area contributed by atoms with Crippen LogP contribution < -0.4 is 5.73 Å². The fourth-order valence-corrected chi connectivity index (χ4v) is 2.88. The maximum atomic E-state index is 10.8. The molecule has 0 amide bonds. The first-order chi connectivity index (χ1) is 10.9. The number of rotatable bonds is 5. The highest BCUT2D eigenvalue weighted by molar-refractivity contribution is 7.46. The van der Waals surface area contributed by atoms with Gasteiger partial charge in [0.1, 0.15) is 17.9 Å². The molecule has 12 heteroatoms. The molecular formula is C11H16N5O6P. The van der Waals surface area contributed by atoms with Crippen LogP contribution in [0.3, 0.4) is 0 Å². The third-order valence-electron chi connectivity index (χ3n) is 3.54. The van der Waals surface area contributed by atoms with Crippen molar-refractivity contribution in [1.29, 1.82) is 0 Å². The third-order valence-corrected chi connectivity index (χ3v) is 4.02. The topological polar surface area (TPSA) is 155 Å². The number of hydrogen-bond donors (Lipinski definition) is 3. The van der Waals surface area contributed by atoms with E-state index >= 15 is 0 Å². The molecule has 3 rings (SSSR count). The van der Waals surface area contributed by atoms with Crippen LogP contribution in [-0.2, 0) is 18.6 Å². The minimum atomic E-state index is -4.55. The van der Waals surface area contributed by atoms with Gasteiger partial charge < -0.3 is 25.0 Å². The molecule has 3 atom stereocenters. The molecule has 0 radical (unpaired) electrons. The first-order valence-electron chi connectivity index (χ1n) is 6.70. The molecule has 1 aliphatic rings. The van der Waals surface area contributed by atoms with Gasteiger partial charge in [0, 0.05) is 13.5 Å². The number of hydrogen-bond acceptors (Lipinski definition) is 8. The molecular weight excluding hydrogens is 329 g/mol. The minimum Gasteiger partial charge on any atom is -0.382 e. The summed E-state index contributed by atoms with van der Waals surface area (Å²) in [7, 11) is -3.03. The molecule has 0 saturated carbocycles. The fraction of sp³-hybridized carbons (Fsp3) is 0.545. The van der Waals surface area contributed by atoms with E-state index in [1.165, 1.54) is 19.8 Å². The highest BCUT2D eigenvalue weighted by atomic mass is 31.2. The number of methoxy groups -OCH3 is 1. The van der Waals surface area contributed by atoms with Gasteiger partial charge in [-0.05, 0) is 0 Å². The lowest BCUT2D eigenvalue weighted by Gasteiger charge is -2.19. The molecule has 0 bridgehead atoms. The van der Waals surface area contributed by atoms with Gasteiger partial charge in [-0.25, -0.2) is 19.5 Å². The average Bonchev–Trinajstić information content (AvgIpc) is 3.08. The smallest absolute Gasteiger partial charge is 0.382 e. The molecule has 11 nitrogen and oxygen atoms in total. The molecule has 1 aliphatic heterocycles. The van der Waals surface area contributed by atoms with Gasteiger partial charge in [0.05, 0.1) is 19.0 Å². The summed E-state index contributed by atoms with van der Waals surface area (Å²) in [5.41, 5.74) is 6.69. The molecule has 0 spiro atoms. The maximum absolute atomic E-state index is 10.8. The zero-order valence-electron chi connectivity index (χ0n) is 12.1. The first kappa shape index (κ1) is 16.2. The predicted molar refractivity (Wildman–Crippen MR) is 77.1 cm³/mol. The quantitative estimate of drug-likeness (QED) is 0.621. The van der Waals surface area contributed by atoms with Crippen LogP contribution in [0.25, 0.3) is 11.2 Å². The van der Waals surface area contributed by atoms with E-state index in [4.69, 9.17) is 25.0 Å². The Morgan fingerprint density at radius 2 is 2.26 bits per heavy atom. The van der Waals surface area contributed by atoms with Gasteiger partial charge >= 0.3 is 7.82 Å². The van der Waals surface area contributed by atoms with Crippen LogP contribution in [0.15, 0.2) is 12.7 Å². The van der Waals surface area contributed by atoms with E-state index in [-0.39, 0.29) is 18.5 Å². The van der Waals surface area contributed by atoms with Crippen molar-refractivity contribution in [1.82, 2.24) is 19.5 Å². The molecule has 2 aromatic rings. The summed E-state index contributed by atoms with van der Waals surface area (Å²) in [6, 6.07) is 0. The minimum absolute atomic E-state index is 0.246. The molecule has 23 heavy (non-hydrogen) atoms. The van der Waals surface area contributed by atoms with E-state index in [1.54, 1.807) is 4.57 Å². The lowest BCUT2D eigenvalue weighted by Crippen LogP contribution is -2.21. The molecule has 0 unspecified atom stereocenters. The van der Waals surface area contributed by atoms with Crippen molar-refractivity contribution in [3.63, 3.8) is 0 Å². The lowest BCUT2D eigenvalue weighted by atomic mass is 10.2. The number of fused-ring (bicyclic) bond motifs is 1. The number of phosphoric acid groups is 1. The second kappa shape index (κ2) is 6.11. The summed E-state index contributed by atoms with van der Waals surface area (Å²) >= 11 is 0. The van der Waals surface area contributed by atoms with Crippen LogP contribution in [0.2, 0.25) is 0 Å². The Balaban J connectivity index is 1.83. The predicted octanol–water partition coefficient (Wildman–Crippen LogP) is -0.180. The highest BCUT2D eigenvalue weighted by Gasteiger charge is 2.38. The average molecular weight is 345 g/mol. The van der Waals surface area contributed by atoms with Crippen molar-refractivity contribution in [2.45, 2.75) is 24.9 Å². The molecule has 0 aliphatic carbocycles. The largest absolute Gasteiger partial charge is 0.469 e. The SMILES string of the molecule is CO[C@@H]1C[C@@H](COP(=O)(O)O)O[C@H]1n1cnc2c(N)ncnc21.